The zero-order valence-electron chi connectivity index (χ0n) is 6.26. The molecule has 4 heteroatoms. The van der Waals surface area contributed by atoms with Crippen molar-refractivity contribution in [3.63, 3.8) is 0 Å². The maximum absolute atomic E-state index is 10.3. The monoisotopic (exact) mass is 152 g/mol. The van der Waals surface area contributed by atoms with Crippen LogP contribution >= 0.6 is 0 Å². The zero-order valence-corrected chi connectivity index (χ0v) is 8.26. The minimum atomic E-state index is -0.665. The van der Waals surface area contributed by atoms with Crippen molar-refractivity contribution in [3.05, 3.63) is 0 Å². The average molecular weight is 152 g/mol. The van der Waals surface area contributed by atoms with E-state index in [2.05, 4.69) is 5.32 Å². The van der Waals surface area contributed by atoms with Gasteiger partial charge in [0.2, 0.25) is 0 Å². The summed E-state index contributed by atoms with van der Waals surface area (Å²) in [7, 11) is 0. The van der Waals surface area contributed by atoms with Crippen LogP contribution in [0, 0.1) is 5.92 Å². The molecule has 1 saturated heterocycles. The maximum atomic E-state index is 10.3. The first-order chi connectivity index (χ1) is 4.30. The Morgan fingerprint density at radius 1 is 1.60 bits per heavy atom. The predicted molar refractivity (Wildman–Crippen MR) is 33.2 cm³/mol. The molecule has 0 aliphatic carbocycles. The van der Waals surface area contributed by atoms with Crippen LogP contribution in [0.1, 0.15) is 12.8 Å². The average Bonchev–Trinajstić information content (AvgIpc) is 1.90. The van der Waals surface area contributed by atoms with Crippen molar-refractivity contribution in [1.82, 2.24) is 5.32 Å². The van der Waals surface area contributed by atoms with E-state index in [9.17, 15) is 4.79 Å². The van der Waals surface area contributed by atoms with Crippen LogP contribution in [0.15, 0.2) is 0 Å². The van der Waals surface area contributed by atoms with E-state index in [1.807, 2.05) is 0 Å². The number of piperidine rings is 1. The van der Waals surface area contributed by atoms with Gasteiger partial charge in [0.25, 0.3) is 0 Å². The molecule has 10 heavy (non-hydrogen) atoms. The number of hydrogen-bond donors (Lipinski definition) is 2. The summed E-state index contributed by atoms with van der Waals surface area (Å²) in [5, 5.41) is 11.5. The van der Waals surface area contributed by atoms with Crippen LogP contribution in [0.4, 0.5) is 0 Å². The first-order valence-corrected chi connectivity index (χ1v) is 3.24. The SMILES string of the molecule is O=C(O)C1CCCNC1.[Na+]. The van der Waals surface area contributed by atoms with Crippen molar-refractivity contribution in [1.29, 1.82) is 0 Å². The van der Waals surface area contributed by atoms with Gasteiger partial charge in [-0.15, -0.1) is 0 Å². The maximum Gasteiger partial charge on any atom is 1.00 e. The largest absolute Gasteiger partial charge is 1.00 e. The van der Waals surface area contributed by atoms with E-state index in [1.165, 1.54) is 0 Å². The number of hydrogen-bond acceptors (Lipinski definition) is 2. The van der Waals surface area contributed by atoms with Gasteiger partial charge in [-0.3, -0.25) is 4.79 Å². The fraction of sp³-hybridized carbons (Fsp3) is 0.833. The molecule has 1 fully saturated rings. The fourth-order valence-electron chi connectivity index (χ4n) is 1.06. The zero-order chi connectivity index (χ0) is 6.69. The van der Waals surface area contributed by atoms with E-state index in [0.29, 0.717) is 6.54 Å². The standard InChI is InChI=1S/C6H11NO2.Na/c8-6(9)5-2-1-3-7-4-5;/h5,7H,1-4H2,(H,8,9);/q;+1. The van der Waals surface area contributed by atoms with E-state index >= 15 is 0 Å². The second kappa shape index (κ2) is 5.13. The Hall–Kier alpha value is 0.430. The second-order valence-corrected chi connectivity index (χ2v) is 2.38. The molecule has 0 aromatic rings. The molecule has 0 aromatic heterocycles. The van der Waals surface area contributed by atoms with Crippen LogP contribution in [0.3, 0.4) is 0 Å². The van der Waals surface area contributed by atoms with Crippen molar-refractivity contribution >= 4 is 5.97 Å². The summed E-state index contributed by atoms with van der Waals surface area (Å²) in [6, 6.07) is 0. The molecule has 0 spiro atoms. The van der Waals surface area contributed by atoms with E-state index in [4.69, 9.17) is 5.11 Å². The number of carboxylic acid groups (broad SMARTS) is 1. The van der Waals surface area contributed by atoms with Gasteiger partial charge in [-0.05, 0) is 19.4 Å². The molecule has 0 amide bonds. The summed E-state index contributed by atoms with van der Waals surface area (Å²) in [6.45, 7) is 1.62. The number of aliphatic carboxylic acids is 1. The third-order valence-electron chi connectivity index (χ3n) is 1.65. The summed E-state index contributed by atoms with van der Waals surface area (Å²) in [5.41, 5.74) is 0. The Bertz CT molecular complexity index is 112. The van der Waals surface area contributed by atoms with E-state index in [0.717, 1.165) is 19.4 Å². The van der Waals surface area contributed by atoms with Gasteiger partial charge in [-0.2, -0.15) is 0 Å². The van der Waals surface area contributed by atoms with Crippen molar-refractivity contribution in [2.75, 3.05) is 13.1 Å². The fourth-order valence-corrected chi connectivity index (χ4v) is 1.06. The third-order valence-corrected chi connectivity index (χ3v) is 1.65. The molecule has 0 aromatic carbocycles. The Morgan fingerprint density at radius 2 is 2.30 bits per heavy atom. The Labute approximate surface area is 82.5 Å². The molecule has 1 unspecified atom stereocenters. The normalized spacial score (nSPS) is 25.0. The minimum absolute atomic E-state index is 0. The number of carbonyl (C=O) groups is 1. The molecule has 1 atom stereocenters. The van der Waals surface area contributed by atoms with Gasteiger partial charge in [0.1, 0.15) is 0 Å². The molecule has 52 valence electrons. The summed E-state index contributed by atoms with van der Waals surface area (Å²) in [4.78, 5) is 10.3. The van der Waals surface area contributed by atoms with E-state index < -0.39 is 5.97 Å². The molecular formula is C6H11NNaO2+. The summed E-state index contributed by atoms with van der Waals surface area (Å²) >= 11 is 0. The first-order valence-electron chi connectivity index (χ1n) is 3.24. The van der Waals surface area contributed by atoms with Gasteiger partial charge in [-0.1, -0.05) is 0 Å². The van der Waals surface area contributed by atoms with Crippen LogP contribution in [0.2, 0.25) is 0 Å². The smallest absolute Gasteiger partial charge is 0.481 e. The first kappa shape index (κ1) is 10.4. The summed E-state index contributed by atoms with van der Waals surface area (Å²) in [6.07, 6.45) is 1.83. The predicted octanol–water partition coefficient (Wildman–Crippen LogP) is -2.93. The number of rotatable bonds is 1. The molecule has 0 saturated carbocycles. The molecule has 1 rings (SSSR count). The van der Waals surface area contributed by atoms with Crippen molar-refractivity contribution < 1.29 is 39.5 Å². The van der Waals surface area contributed by atoms with Crippen LogP contribution in [0.25, 0.3) is 0 Å². The minimum Gasteiger partial charge on any atom is -0.481 e. The van der Waals surface area contributed by atoms with Gasteiger partial charge in [0.15, 0.2) is 0 Å². The van der Waals surface area contributed by atoms with Gasteiger partial charge in [0.05, 0.1) is 5.92 Å². The van der Waals surface area contributed by atoms with Crippen LogP contribution in [-0.4, -0.2) is 24.2 Å². The van der Waals surface area contributed by atoms with Crippen molar-refractivity contribution in [2.24, 2.45) is 5.92 Å². The molecule has 1 aliphatic rings. The molecule has 0 bridgehead atoms. The Balaban J connectivity index is 0.000000810. The summed E-state index contributed by atoms with van der Waals surface area (Å²) < 4.78 is 0. The quantitative estimate of drug-likeness (QED) is 0.396. The number of nitrogens with one attached hydrogen (secondary N) is 1. The molecule has 1 heterocycles. The molecule has 3 nitrogen and oxygen atoms in total. The molecule has 1 aliphatic heterocycles. The number of carboxylic acids is 1. The van der Waals surface area contributed by atoms with Crippen LogP contribution in [-0.2, 0) is 4.79 Å². The van der Waals surface area contributed by atoms with Gasteiger partial charge in [-0.25, -0.2) is 0 Å². The molecular weight excluding hydrogens is 141 g/mol. The van der Waals surface area contributed by atoms with Crippen molar-refractivity contribution in [3.8, 4) is 0 Å². The Morgan fingerprint density at radius 3 is 2.60 bits per heavy atom. The van der Waals surface area contributed by atoms with Gasteiger partial charge >= 0.3 is 35.5 Å². The third kappa shape index (κ3) is 3.01. The topological polar surface area (TPSA) is 49.3 Å². The molecule has 0 radical (unpaired) electrons. The van der Waals surface area contributed by atoms with Crippen molar-refractivity contribution in [2.45, 2.75) is 12.8 Å². The second-order valence-electron chi connectivity index (χ2n) is 2.38. The molecule has 2 N–H and O–H groups in total. The van der Waals surface area contributed by atoms with Crippen LogP contribution < -0.4 is 34.9 Å². The Kier molecular flexibility index (Phi) is 5.35. The van der Waals surface area contributed by atoms with E-state index in [-0.39, 0.29) is 35.5 Å². The summed E-state index contributed by atoms with van der Waals surface area (Å²) in [5.74, 6) is -0.805. The van der Waals surface area contributed by atoms with E-state index in [1.54, 1.807) is 0 Å². The van der Waals surface area contributed by atoms with Gasteiger partial charge in [0, 0.05) is 6.54 Å². The van der Waals surface area contributed by atoms with Gasteiger partial charge < -0.3 is 10.4 Å². The van der Waals surface area contributed by atoms with Crippen LogP contribution in [0.5, 0.6) is 0 Å².